The van der Waals surface area contributed by atoms with Crippen molar-refractivity contribution in [2.75, 3.05) is 0 Å². The van der Waals surface area contributed by atoms with Crippen LogP contribution in [0.5, 0.6) is 0 Å². The molecule has 0 saturated carbocycles. The van der Waals surface area contributed by atoms with E-state index in [9.17, 15) is 0 Å². The van der Waals surface area contributed by atoms with Gasteiger partial charge in [0.2, 0.25) is 0 Å². The molecule has 0 aliphatic rings. The zero-order valence-corrected chi connectivity index (χ0v) is 21.9. The maximum atomic E-state index is 2.31. The van der Waals surface area contributed by atoms with Crippen LogP contribution in [0.1, 0.15) is 142 Å². The van der Waals surface area contributed by atoms with E-state index in [0.29, 0.717) is 0 Å². The van der Waals surface area contributed by atoms with Gasteiger partial charge < -0.3 is 11.0 Å². The number of hydrogen-bond donors (Lipinski definition) is 0. The van der Waals surface area contributed by atoms with Crippen LogP contribution in [-0.4, -0.2) is 32.1 Å². The first-order valence-corrected chi connectivity index (χ1v) is 16.2. The van der Waals surface area contributed by atoms with E-state index in [-0.39, 0.29) is 32.1 Å². The second-order valence-corrected chi connectivity index (χ2v) is 12.4. The van der Waals surface area contributed by atoms with Crippen LogP contribution in [0.2, 0.25) is 8.87 Å². The van der Waals surface area contributed by atoms with Gasteiger partial charge in [0.05, 0.1) is 0 Å². The maximum absolute atomic E-state index is 2.31. The van der Waals surface area contributed by atoms with Gasteiger partial charge in [0.1, 0.15) is 0 Å². The van der Waals surface area contributed by atoms with E-state index in [1.54, 1.807) is 21.7 Å². The van der Waals surface area contributed by atoms with Crippen LogP contribution >= 0.6 is 0 Å². The van der Waals surface area contributed by atoms with Crippen molar-refractivity contribution < 1.29 is 11.0 Å². The second-order valence-electron chi connectivity index (χ2n) is 8.11. The summed E-state index contributed by atoms with van der Waals surface area (Å²) in [6.45, 7) is 4.61. The Bertz CT molecular complexity index is 202. The molecule has 0 aliphatic heterocycles. The molecule has 2 radical (unpaired) electrons. The van der Waals surface area contributed by atoms with Crippen molar-refractivity contribution in [3.8, 4) is 0 Å². The van der Waals surface area contributed by atoms with E-state index in [4.69, 9.17) is 0 Å². The molecular formula is C24H54O2Sn. The molecule has 166 valence electrons. The third-order valence-electron chi connectivity index (χ3n) is 5.41. The van der Waals surface area contributed by atoms with Gasteiger partial charge in [-0.25, -0.2) is 0 Å². The van der Waals surface area contributed by atoms with E-state index in [1.165, 1.54) is 116 Å². The molecule has 0 unspecified atom stereocenters. The minimum atomic E-state index is 0. The predicted molar refractivity (Wildman–Crippen MR) is 126 cm³/mol. The van der Waals surface area contributed by atoms with Crippen molar-refractivity contribution >= 4 is 21.1 Å². The average Bonchev–Trinajstić information content (AvgIpc) is 2.63. The molecule has 0 heterocycles. The van der Waals surface area contributed by atoms with Crippen molar-refractivity contribution in [1.82, 2.24) is 0 Å². The minimum Gasteiger partial charge on any atom is -0.412 e. The third kappa shape index (κ3) is 31.6. The Hall–Kier alpha value is 0.719. The molecule has 27 heavy (non-hydrogen) atoms. The molecule has 0 saturated heterocycles. The molecular weight excluding hydrogens is 439 g/mol. The number of unbranched alkanes of at least 4 members (excludes halogenated alkanes) is 18. The molecule has 0 bridgehead atoms. The first kappa shape index (κ1) is 32.4. The molecule has 0 fully saturated rings. The van der Waals surface area contributed by atoms with Gasteiger partial charge in [-0.05, 0) is 0 Å². The summed E-state index contributed by atoms with van der Waals surface area (Å²) in [5, 5.41) is 0. The monoisotopic (exact) mass is 494 g/mol. The fourth-order valence-corrected chi connectivity index (χ4v) is 7.17. The Morgan fingerprint density at radius 3 is 0.815 bits per heavy atom. The Balaban J connectivity index is -0.00000288. The van der Waals surface area contributed by atoms with Crippen molar-refractivity contribution in [2.45, 2.75) is 151 Å². The van der Waals surface area contributed by atoms with E-state index in [0.717, 1.165) is 0 Å². The molecule has 0 amide bonds. The molecule has 0 aromatic carbocycles. The third-order valence-corrected chi connectivity index (χ3v) is 9.45. The summed E-state index contributed by atoms with van der Waals surface area (Å²) < 4.78 is 3.33. The Morgan fingerprint density at radius 2 is 0.556 bits per heavy atom. The van der Waals surface area contributed by atoms with Gasteiger partial charge >= 0.3 is 172 Å². The summed E-state index contributed by atoms with van der Waals surface area (Å²) in [4.78, 5) is 0. The van der Waals surface area contributed by atoms with E-state index in [2.05, 4.69) is 13.8 Å². The van der Waals surface area contributed by atoms with Crippen LogP contribution in [0.4, 0.5) is 0 Å². The smallest absolute Gasteiger partial charge is 0.412 e. The number of rotatable bonds is 22. The van der Waals surface area contributed by atoms with Crippen LogP contribution in [0.3, 0.4) is 0 Å². The zero-order chi connectivity index (χ0) is 18.3. The molecule has 3 heteroatoms. The summed E-state index contributed by atoms with van der Waals surface area (Å²) >= 11 is 0.0377. The molecule has 0 rings (SSSR count). The summed E-state index contributed by atoms with van der Waals surface area (Å²) in [5.41, 5.74) is 0. The summed E-state index contributed by atoms with van der Waals surface area (Å²) in [6, 6.07) is 0. The zero-order valence-electron chi connectivity index (χ0n) is 19.1. The summed E-state index contributed by atoms with van der Waals surface area (Å²) in [6.07, 6.45) is 29.8. The standard InChI is InChI=1S/2C12H25.2H2O.Sn/c2*1-3-5-7-9-11-12-10-8-6-4-2;;;/h2*1,3-12H2,2H3;2*1H2;. The van der Waals surface area contributed by atoms with E-state index >= 15 is 0 Å². The van der Waals surface area contributed by atoms with Crippen molar-refractivity contribution in [1.29, 1.82) is 0 Å². The molecule has 0 aliphatic carbocycles. The fourth-order valence-electron chi connectivity index (χ4n) is 3.60. The van der Waals surface area contributed by atoms with Crippen LogP contribution in [0.15, 0.2) is 0 Å². The van der Waals surface area contributed by atoms with Gasteiger partial charge in [-0.3, -0.25) is 0 Å². The topological polar surface area (TPSA) is 63.0 Å². The van der Waals surface area contributed by atoms with Gasteiger partial charge in [-0.15, -0.1) is 0 Å². The quantitative estimate of drug-likeness (QED) is 0.110. The molecule has 2 nitrogen and oxygen atoms in total. The predicted octanol–water partition coefficient (Wildman–Crippen LogP) is 7.72. The molecule has 0 atom stereocenters. The van der Waals surface area contributed by atoms with Gasteiger partial charge in [0.15, 0.2) is 0 Å². The normalized spacial score (nSPS) is 10.4. The van der Waals surface area contributed by atoms with E-state index in [1.807, 2.05) is 0 Å². The van der Waals surface area contributed by atoms with Crippen LogP contribution in [-0.2, 0) is 0 Å². The second kappa shape index (κ2) is 31.4. The molecule has 0 aromatic rings. The first-order valence-electron chi connectivity index (χ1n) is 12.1. The van der Waals surface area contributed by atoms with Crippen molar-refractivity contribution in [3.05, 3.63) is 0 Å². The fraction of sp³-hybridized carbons (Fsp3) is 1.00. The average molecular weight is 493 g/mol. The van der Waals surface area contributed by atoms with Gasteiger partial charge in [0.25, 0.3) is 0 Å². The SMILES string of the molecule is CCCCCCCCCCC[CH2][Sn][CH2]CCCCCCCCCCC.O.O. The Labute approximate surface area is 182 Å². The Kier molecular flexibility index (Phi) is 37.7. The van der Waals surface area contributed by atoms with Crippen LogP contribution in [0.25, 0.3) is 0 Å². The van der Waals surface area contributed by atoms with Crippen molar-refractivity contribution in [2.24, 2.45) is 0 Å². The van der Waals surface area contributed by atoms with E-state index < -0.39 is 0 Å². The van der Waals surface area contributed by atoms with Crippen LogP contribution < -0.4 is 0 Å². The first-order chi connectivity index (χ1) is 12.4. The van der Waals surface area contributed by atoms with Gasteiger partial charge in [-0.2, -0.15) is 0 Å². The molecule has 4 N–H and O–H groups in total. The van der Waals surface area contributed by atoms with Gasteiger partial charge in [-0.1, -0.05) is 0 Å². The summed E-state index contributed by atoms with van der Waals surface area (Å²) in [7, 11) is 0. The van der Waals surface area contributed by atoms with Crippen LogP contribution in [0, 0.1) is 0 Å². The summed E-state index contributed by atoms with van der Waals surface area (Å²) in [5.74, 6) is 0. The molecule has 0 aromatic heterocycles. The minimum absolute atomic E-state index is 0. The van der Waals surface area contributed by atoms with Crippen molar-refractivity contribution in [3.63, 3.8) is 0 Å². The number of hydrogen-bond acceptors (Lipinski definition) is 0. The Morgan fingerprint density at radius 1 is 0.333 bits per heavy atom. The molecule has 0 spiro atoms. The van der Waals surface area contributed by atoms with Gasteiger partial charge in [0, 0.05) is 0 Å².